The maximum Gasteiger partial charge on any atom is 0.0594 e. The fraction of sp³-hybridized carbons (Fsp3) is 0.862. The Bertz CT molecular complexity index is 712. The highest BCUT2D eigenvalue weighted by Gasteiger charge is 2.59. The molecular formula is C29H48O. The van der Waals surface area contributed by atoms with E-state index >= 15 is 0 Å². The van der Waals surface area contributed by atoms with Crippen molar-refractivity contribution in [3.05, 3.63) is 23.3 Å². The molecule has 0 saturated heterocycles. The van der Waals surface area contributed by atoms with Crippen molar-refractivity contribution in [2.75, 3.05) is 0 Å². The average molecular weight is 413 g/mol. The summed E-state index contributed by atoms with van der Waals surface area (Å²) in [7, 11) is 0. The maximum atomic E-state index is 10.7. The molecule has 0 aromatic carbocycles. The monoisotopic (exact) mass is 412 g/mol. The molecule has 0 bridgehead atoms. The quantitative estimate of drug-likeness (QED) is 0.486. The van der Waals surface area contributed by atoms with Gasteiger partial charge in [-0.15, -0.1) is 0 Å². The largest absolute Gasteiger partial charge is 0.393 e. The zero-order valence-corrected chi connectivity index (χ0v) is 20.9. The Morgan fingerprint density at radius 3 is 2.40 bits per heavy atom. The van der Waals surface area contributed by atoms with Gasteiger partial charge in [-0.1, -0.05) is 79.9 Å². The Balaban J connectivity index is 1.56. The molecule has 30 heavy (non-hydrogen) atoms. The van der Waals surface area contributed by atoms with Crippen LogP contribution >= 0.6 is 0 Å². The van der Waals surface area contributed by atoms with Gasteiger partial charge in [0, 0.05) is 0 Å². The lowest BCUT2D eigenvalue weighted by molar-refractivity contribution is -0.119. The Labute approximate surface area is 186 Å². The molecule has 0 aromatic rings. The summed E-state index contributed by atoms with van der Waals surface area (Å²) in [6, 6.07) is 0. The first-order valence-corrected chi connectivity index (χ1v) is 13.1. The molecule has 2 saturated carbocycles. The molecule has 0 spiro atoms. The molecule has 0 aliphatic heterocycles. The van der Waals surface area contributed by atoms with Crippen LogP contribution in [0, 0.1) is 45.8 Å². The van der Waals surface area contributed by atoms with Crippen LogP contribution < -0.4 is 0 Å². The van der Waals surface area contributed by atoms with Crippen LogP contribution in [-0.4, -0.2) is 11.2 Å². The van der Waals surface area contributed by atoms with Crippen LogP contribution in [0.25, 0.3) is 0 Å². The highest BCUT2D eigenvalue weighted by molar-refractivity contribution is 5.46. The van der Waals surface area contributed by atoms with Crippen molar-refractivity contribution in [3.63, 3.8) is 0 Å². The van der Waals surface area contributed by atoms with E-state index in [4.69, 9.17) is 0 Å². The molecule has 2 fully saturated rings. The van der Waals surface area contributed by atoms with Gasteiger partial charge >= 0.3 is 0 Å². The summed E-state index contributed by atoms with van der Waals surface area (Å²) in [5, 5.41) is 10.7. The van der Waals surface area contributed by atoms with Crippen molar-refractivity contribution < 1.29 is 5.11 Å². The Morgan fingerprint density at radius 2 is 1.70 bits per heavy atom. The third-order valence-electron chi connectivity index (χ3n) is 10.7. The van der Waals surface area contributed by atoms with Crippen molar-refractivity contribution in [2.24, 2.45) is 45.8 Å². The standard InChI is InChI=1S/C29H48O/c1-19(2)9-8-10-20(3)22-12-13-23-21-11-14-25-27(4,5)26(30)16-18-29(25,7)24(21)15-17-28(22,23)6/h11,13,19-20,22,24-26,30H,8-10,12,14-18H2,1-7H3/t20-,22-,24+,25?,26+,28-,29-/m1/s1. The highest BCUT2D eigenvalue weighted by Crippen LogP contribution is 2.67. The van der Waals surface area contributed by atoms with Crippen LogP contribution in [0.2, 0.25) is 0 Å². The number of allylic oxidation sites excluding steroid dienone is 4. The minimum atomic E-state index is -0.138. The SMILES string of the molecule is CC(C)CCC[C@@H](C)[C@H]1CC=C2C3=CCC4C(C)(C)[C@@H](O)CC[C@]4(C)[C@H]3CC[C@@]21C. The fourth-order valence-electron chi connectivity index (χ4n) is 8.65. The molecular weight excluding hydrogens is 364 g/mol. The summed E-state index contributed by atoms with van der Waals surface area (Å²) in [6.07, 6.45) is 16.7. The summed E-state index contributed by atoms with van der Waals surface area (Å²) in [6.45, 7) is 17.1. The summed E-state index contributed by atoms with van der Waals surface area (Å²) < 4.78 is 0. The number of rotatable bonds is 5. The van der Waals surface area contributed by atoms with Crippen LogP contribution in [0.3, 0.4) is 0 Å². The highest BCUT2D eigenvalue weighted by atomic mass is 16.3. The molecule has 0 amide bonds. The summed E-state index contributed by atoms with van der Waals surface area (Å²) in [5.41, 5.74) is 4.25. The zero-order chi connectivity index (χ0) is 21.9. The number of fused-ring (bicyclic) bond motifs is 5. The van der Waals surface area contributed by atoms with Crippen molar-refractivity contribution in [1.29, 1.82) is 0 Å². The van der Waals surface area contributed by atoms with Crippen LogP contribution in [-0.2, 0) is 0 Å². The van der Waals surface area contributed by atoms with E-state index in [9.17, 15) is 5.11 Å². The summed E-state index contributed by atoms with van der Waals surface area (Å²) in [5.74, 6) is 3.81. The smallest absolute Gasteiger partial charge is 0.0594 e. The van der Waals surface area contributed by atoms with Gasteiger partial charge in [-0.3, -0.25) is 0 Å². The first-order valence-electron chi connectivity index (χ1n) is 13.1. The number of hydrogen-bond acceptors (Lipinski definition) is 1. The van der Waals surface area contributed by atoms with Crippen molar-refractivity contribution >= 4 is 0 Å². The van der Waals surface area contributed by atoms with Crippen LogP contribution in [0.4, 0.5) is 0 Å². The minimum absolute atomic E-state index is 0.0350. The molecule has 0 aromatic heterocycles. The normalized spacial score (nSPS) is 43.4. The lowest BCUT2D eigenvalue weighted by Crippen LogP contribution is -2.55. The van der Waals surface area contributed by atoms with Crippen LogP contribution in [0.1, 0.15) is 106 Å². The van der Waals surface area contributed by atoms with E-state index in [1.54, 1.807) is 11.1 Å². The third-order valence-corrected chi connectivity index (χ3v) is 10.7. The van der Waals surface area contributed by atoms with Gasteiger partial charge in [0.05, 0.1) is 6.10 Å². The number of aliphatic hydroxyl groups is 1. The molecule has 4 aliphatic carbocycles. The van der Waals surface area contributed by atoms with Gasteiger partial charge in [0.1, 0.15) is 0 Å². The summed E-state index contributed by atoms with van der Waals surface area (Å²) >= 11 is 0. The molecule has 1 N–H and O–H groups in total. The molecule has 170 valence electrons. The summed E-state index contributed by atoms with van der Waals surface area (Å²) in [4.78, 5) is 0. The zero-order valence-electron chi connectivity index (χ0n) is 20.9. The molecule has 1 unspecified atom stereocenters. The van der Waals surface area contributed by atoms with Gasteiger partial charge in [0.2, 0.25) is 0 Å². The van der Waals surface area contributed by atoms with Gasteiger partial charge in [-0.25, -0.2) is 0 Å². The second kappa shape index (κ2) is 7.79. The second-order valence-electron chi connectivity index (χ2n) is 13.1. The average Bonchev–Trinajstić information content (AvgIpc) is 3.02. The second-order valence-corrected chi connectivity index (χ2v) is 13.1. The minimum Gasteiger partial charge on any atom is -0.393 e. The number of hydrogen-bond donors (Lipinski definition) is 1. The lowest BCUT2D eigenvalue weighted by Gasteiger charge is -2.61. The van der Waals surface area contributed by atoms with E-state index < -0.39 is 0 Å². The van der Waals surface area contributed by atoms with Crippen molar-refractivity contribution in [1.82, 2.24) is 0 Å². The Hall–Kier alpha value is -0.560. The van der Waals surface area contributed by atoms with Gasteiger partial charge in [0.15, 0.2) is 0 Å². The van der Waals surface area contributed by atoms with E-state index in [1.807, 2.05) is 0 Å². The van der Waals surface area contributed by atoms with Gasteiger partial charge in [0.25, 0.3) is 0 Å². The van der Waals surface area contributed by atoms with Gasteiger partial charge in [-0.2, -0.15) is 0 Å². The first kappa shape index (κ1) is 22.6. The predicted octanol–water partition coefficient (Wildman–Crippen LogP) is 7.94. The molecule has 4 aliphatic rings. The maximum absolute atomic E-state index is 10.7. The Kier molecular flexibility index (Phi) is 5.87. The van der Waals surface area contributed by atoms with Crippen LogP contribution in [0.15, 0.2) is 23.3 Å². The van der Waals surface area contributed by atoms with E-state index in [2.05, 4.69) is 60.6 Å². The van der Waals surface area contributed by atoms with E-state index in [0.29, 0.717) is 22.7 Å². The molecule has 0 heterocycles. The van der Waals surface area contributed by atoms with Gasteiger partial charge < -0.3 is 5.11 Å². The molecule has 4 rings (SSSR count). The lowest BCUT2D eigenvalue weighted by atomic mass is 9.44. The van der Waals surface area contributed by atoms with E-state index in [-0.39, 0.29) is 11.5 Å². The predicted molar refractivity (Wildman–Crippen MR) is 128 cm³/mol. The van der Waals surface area contributed by atoms with Gasteiger partial charge in [-0.05, 0) is 95.5 Å². The Morgan fingerprint density at radius 1 is 0.967 bits per heavy atom. The third kappa shape index (κ3) is 3.37. The molecule has 1 nitrogen and oxygen atoms in total. The molecule has 1 heteroatoms. The van der Waals surface area contributed by atoms with E-state index in [1.165, 1.54) is 44.9 Å². The molecule has 0 radical (unpaired) electrons. The molecule has 7 atom stereocenters. The van der Waals surface area contributed by atoms with E-state index in [0.717, 1.165) is 30.6 Å². The fourth-order valence-corrected chi connectivity index (χ4v) is 8.65. The van der Waals surface area contributed by atoms with Crippen LogP contribution in [0.5, 0.6) is 0 Å². The van der Waals surface area contributed by atoms with Crippen molar-refractivity contribution in [3.8, 4) is 0 Å². The first-order chi connectivity index (χ1) is 14.0. The number of aliphatic hydroxyl groups excluding tert-OH is 1. The topological polar surface area (TPSA) is 20.2 Å². The van der Waals surface area contributed by atoms with Crippen molar-refractivity contribution in [2.45, 2.75) is 112 Å².